The molecule has 0 radical (unpaired) electrons. The number of ether oxygens (including phenoxy) is 2. The third kappa shape index (κ3) is 1.53. The van der Waals surface area contributed by atoms with Gasteiger partial charge >= 0.3 is 0 Å². The average molecular weight is 230 g/mol. The molecule has 0 unspecified atom stereocenters. The highest BCUT2D eigenvalue weighted by molar-refractivity contribution is 9.10. The fraction of sp³-hybridized carbons (Fsp3) is 0.375. The second-order valence-corrected chi connectivity index (χ2v) is 3.42. The lowest BCUT2D eigenvalue weighted by Gasteiger charge is -2.04. The van der Waals surface area contributed by atoms with Gasteiger partial charge in [-0.1, -0.05) is 0 Å². The molecule has 0 aromatic carbocycles. The highest BCUT2D eigenvalue weighted by Gasteiger charge is 2.10. The third-order valence-corrected chi connectivity index (χ3v) is 2.00. The second kappa shape index (κ2) is 3.31. The summed E-state index contributed by atoms with van der Waals surface area (Å²) in [7, 11) is 0. The largest absolute Gasteiger partial charge is 0.488 e. The lowest BCUT2D eigenvalue weighted by molar-refractivity contribution is 0.293. The number of hydrogen-bond donors (Lipinski definition) is 0. The van der Waals surface area contributed by atoms with Crippen molar-refractivity contribution in [3.05, 3.63) is 16.7 Å². The summed E-state index contributed by atoms with van der Waals surface area (Å²) in [6.45, 7) is 1.38. The van der Waals surface area contributed by atoms with Crippen LogP contribution in [0.2, 0.25) is 0 Å². The molecule has 2 rings (SSSR count). The fourth-order valence-corrected chi connectivity index (χ4v) is 1.34. The maximum Gasteiger partial charge on any atom is 0.257 e. The van der Waals surface area contributed by atoms with E-state index in [2.05, 4.69) is 20.9 Å². The molecule has 4 heteroatoms. The van der Waals surface area contributed by atoms with Gasteiger partial charge in [0.15, 0.2) is 5.75 Å². The van der Waals surface area contributed by atoms with E-state index in [1.54, 1.807) is 6.20 Å². The van der Waals surface area contributed by atoms with Crippen molar-refractivity contribution in [2.45, 2.75) is 6.42 Å². The molecule has 0 fully saturated rings. The van der Waals surface area contributed by atoms with Gasteiger partial charge in [-0.05, 0) is 15.9 Å². The van der Waals surface area contributed by atoms with E-state index in [1.807, 2.05) is 6.07 Å². The van der Waals surface area contributed by atoms with Crippen LogP contribution in [0.4, 0.5) is 0 Å². The van der Waals surface area contributed by atoms with Crippen molar-refractivity contribution >= 4 is 15.9 Å². The molecule has 1 aromatic rings. The summed E-state index contributed by atoms with van der Waals surface area (Å²) in [6, 6.07) is 1.87. The Bertz CT molecular complexity index is 290. The first-order valence-corrected chi connectivity index (χ1v) is 4.57. The van der Waals surface area contributed by atoms with Crippen LogP contribution in [-0.4, -0.2) is 18.2 Å². The summed E-state index contributed by atoms with van der Waals surface area (Å²) >= 11 is 3.32. The highest BCUT2D eigenvalue weighted by atomic mass is 79.9. The lowest BCUT2D eigenvalue weighted by Crippen LogP contribution is -1.97. The van der Waals surface area contributed by atoms with Crippen molar-refractivity contribution in [2.75, 3.05) is 13.2 Å². The van der Waals surface area contributed by atoms with Crippen LogP contribution in [0.25, 0.3) is 0 Å². The van der Waals surface area contributed by atoms with Crippen molar-refractivity contribution in [3.8, 4) is 11.6 Å². The Labute approximate surface area is 78.8 Å². The van der Waals surface area contributed by atoms with E-state index in [9.17, 15) is 0 Å². The van der Waals surface area contributed by atoms with Crippen molar-refractivity contribution in [1.82, 2.24) is 4.98 Å². The van der Waals surface area contributed by atoms with Crippen LogP contribution in [0.5, 0.6) is 11.6 Å². The molecule has 64 valence electrons. The second-order valence-electron chi connectivity index (χ2n) is 2.51. The number of rotatable bonds is 0. The zero-order valence-electron chi connectivity index (χ0n) is 6.42. The molecule has 0 aliphatic carbocycles. The average Bonchev–Trinajstić information content (AvgIpc) is 2.28. The minimum atomic E-state index is 0.593. The fourth-order valence-electron chi connectivity index (χ4n) is 1.03. The van der Waals surface area contributed by atoms with Crippen LogP contribution in [0.15, 0.2) is 16.7 Å². The number of halogens is 1. The molecule has 2 heterocycles. The van der Waals surface area contributed by atoms with E-state index in [-0.39, 0.29) is 0 Å². The molecule has 0 bridgehead atoms. The van der Waals surface area contributed by atoms with E-state index in [4.69, 9.17) is 9.47 Å². The molecule has 0 saturated heterocycles. The van der Waals surface area contributed by atoms with Gasteiger partial charge in [-0.2, -0.15) is 0 Å². The molecule has 0 saturated carbocycles. The van der Waals surface area contributed by atoms with Gasteiger partial charge in [0.1, 0.15) is 0 Å². The van der Waals surface area contributed by atoms with E-state index in [1.165, 1.54) is 0 Å². The first-order chi connectivity index (χ1) is 5.86. The van der Waals surface area contributed by atoms with Gasteiger partial charge < -0.3 is 9.47 Å². The lowest BCUT2D eigenvalue weighted by atomic mass is 10.4. The number of hydrogen-bond acceptors (Lipinski definition) is 3. The first kappa shape index (κ1) is 7.86. The Morgan fingerprint density at radius 1 is 1.33 bits per heavy atom. The Balaban J connectivity index is 2.36. The van der Waals surface area contributed by atoms with Gasteiger partial charge in [-0.3, -0.25) is 0 Å². The minimum absolute atomic E-state index is 0.593. The molecule has 12 heavy (non-hydrogen) atoms. The maximum atomic E-state index is 5.41. The molecular formula is C8H8BrNO2. The molecule has 0 spiro atoms. The summed E-state index contributed by atoms with van der Waals surface area (Å²) in [5, 5.41) is 0. The Kier molecular flexibility index (Phi) is 2.17. The van der Waals surface area contributed by atoms with E-state index in [0.717, 1.165) is 16.6 Å². The molecular weight excluding hydrogens is 222 g/mol. The molecule has 1 aliphatic rings. The molecule has 3 nitrogen and oxygen atoms in total. The zero-order valence-corrected chi connectivity index (χ0v) is 8.00. The summed E-state index contributed by atoms with van der Waals surface area (Å²) in [5.41, 5.74) is 0. The summed E-state index contributed by atoms with van der Waals surface area (Å²) in [4.78, 5) is 4.08. The van der Waals surface area contributed by atoms with Crippen LogP contribution in [0, 0.1) is 0 Å². The number of aromatic nitrogens is 1. The van der Waals surface area contributed by atoms with E-state index in [0.29, 0.717) is 19.1 Å². The zero-order chi connectivity index (χ0) is 8.39. The van der Waals surface area contributed by atoms with Crippen molar-refractivity contribution in [3.63, 3.8) is 0 Å². The SMILES string of the molecule is Brc1cnc2c(c1)OCCCO2. The van der Waals surface area contributed by atoms with Crippen LogP contribution in [0.3, 0.4) is 0 Å². The van der Waals surface area contributed by atoms with Gasteiger partial charge in [-0.15, -0.1) is 0 Å². The monoisotopic (exact) mass is 229 g/mol. The third-order valence-electron chi connectivity index (χ3n) is 1.57. The number of pyridine rings is 1. The Hall–Kier alpha value is -0.770. The number of nitrogens with zero attached hydrogens (tertiary/aromatic N) is 1. The van der Waals surface area contributed by atoms with Gasteiger partial charge in [0.05, 0.1) is 13.2 Å². The molecule has 1 aromatic heterocycles. The summed E-state index contributed by atoms with van der Waals surface area (Å²) in [6.07, 6.45) is 2.61. The van der Waals surface area contributed by atoms with Crippen LogP contribution < -0.4 is 9.47 Å². The topological polar surface area (TPSA) is 31.4 Å². The van der Waals surface area contributed by atoms with Gasteiger partial charge in [-0.25, -0.2) is 4.98 Å². The predicted molar refractivity (Wildman–Crippen MR) is 47.5 cm³/mol. The summed E-state index contributed by atoms with van der Waals surface area (Å²) < 4.78 is 11.7. The van der Waals surface area contributed by atoms with Crippen molar-refractivity contribution in [1.29, 1.82) is 0 Å². The summed E-state index contributed by atoms with van der Waals surface area (Å²) in [5.74, 6) is 1.32. The predicted octanol–water partition coefficient (Wildman–Crippen LogP) is 2.01. The Morgan fingerprint density at radius 3 is 3.08 bits per heavy atom. The Morgan fingerprint density at radius 2 is 2.17 bits per heavy atom. The van der Waals surface area contributed by atoms with Crippen molar-refractivity contribution < 1.29 is 9.47 Å². The normalized spacial score (nSPS) is 15.4. The van der Waals surface area contributed by atoms with E-state index >= 15 is 0 Å². The van der Waals surface area contributed by atoms with Gasteiger partial charge in [0.25, 0.3) is 5.88 Å². The van der Waals surface area contributed by atoms with Gasteiger partial charge in [0, 0.05) is 23.2 Å². The smallest absolute Gasteiger partial charge is 0.257 e. The molecule has 0 amide bonds. The standard InChI is InChI=1S/C8H8BrNO2/c9-6-4-7-8(10-5-6)12-3-1-2-11-7/h4-5H,1-3H2. The van der Waals surface area contributed by atoms with Gasteiger partial charge in [0.2, 0.25) is 0 Å². The molecule has 1 aliphatic heterocycles. The van der Waals surface area contributed by atoms with Crippen molar-refractivity contribution in [2.24, 2.45) is 0 Å². The highest BCUT2D eigenvalue weighted by Crippen LogP contribution is 2.29. The van der Waals surface area contributed by atoms with Crippen LogP contribution in [-0.2, 0) is 0 Å². The van der Waals surface area contributed by atoms with Crippen LogP contribution in [0.1, 0.15) is 6.42 Å². The number of fused-ring (bicyclic) bond motifs is 1. The molecule has 0 atom stereocenters. The first-order valence-electron chi connectivity index (χ1n) is 3.77. The van der Waals surface area contributed by atoms with Crippen LogP contribution >= 0.6 is 15.9 Å². The van der Waals surface area contributed by atoms with E-state index < -0.39 is 0 Å². The minimum Gasteiger partial charge on any atom is -0.488 e. The maximum absolute atomic E-state index is 5.41. The molecule has 0 N–H and O–H groups in total. The quantitative estimate of drug-likeness (QED) is 0.683.